The monoisotopic (exact) mass is 322 g/mol. The second kappa shape index (κ2) is 7.59. The molecule has 2 aromatic heterocycles. The third kappa shape index (κ3) is 3.53. The molecule has 24 heavy (non-hydrogen) atoms. The average molecular weight is 322 g/mol. The van der Waals surface area contributed by atoms with E-state index in [0.717, 1.165) is 41.8 Å². The van der Waals surface area contributed by atoms with E-state index < -0.39 is 0 Å². The van der Waals surface area contributed by atoms with Crippen molar-refractivity contribution in [1.82, 2.24) is 15.0 Å². The molecule has 2 heterocycles. The zero-order valence-corrected chi connectivity index (χ0v) is 14.0. The van der Waals surface area contributed by atoms with Crippen molar-refractivity contribution in [3.63, 3.8) is 0 Å². The van der Waals surface area contributed by atoms with Crippen LogP contribution in [-0.4, -0.2) is 34.3 Å². The summed E-state index contributed by atoms with van der Waals surface area (Å²) >= 11 is 0. The highest BCUT2D eigenvalue weighted by Gasteiger charge is 2.06. The highest BCUT2D eigenvalue weighted by molar-refractivity contribution is 5.99. The van der Waals surface area contributed by atoms with Crippen LogP contribution in [0.15, 0.2) is 48.0 Å². The topological polar surface area (TPSA) is 69.2 Å². The molecule has 0 unspecified atom stereocenters. The summed E-state index contributed by atoms with van der Waals surface area (Å²) in [5.41, 5.74) is 5.12. The SMILES string of the molecule is CCCN(CC)c1cc(N/N=C/c2c[nH]c3ccccc23)ncn1. The van der Waals surface area contributed by atoms with E-state index in [9.17, 15) is 0 Å². The van der Waals surface area contributed by atoms with Crippen LogP contribution < -0.4 is 10.3 Å². The summed E-state index contributed by atoms with van der Waals surface area (Å²) in [7, 11) is 0. The Morgan fingerprint density at radius 2 is 2.12 bits per heavy atom. The van der Waals surface area contributed by atoms with Gasteiger partial charge in [0.15, 0.2) is 5.82 Å². The number of para-hydroxylation sites is 1. The molecule has 0 spiro atoms. The van der Waals surface area contributed by atoms with E-state index >= 15 is 0 Å². The van der Waals surface area contributed by atoms with Gasteiger partial charge in [0.05, 0.1) is 6.21 Å². The van der Waals surface area contributed by atoms with E-state index in [-0.39, 0.29) is 0 Å². The lowest BCUT2D eigenvalue weighted by atomic mass is 10.2. The van der Waals surface area contributed by atoms with E-state index in [1.54, 1.807) is 12.5 Å². The molecule has 0 aliphatic rings. The standard InChI is InChI=1S/C18H22N6/c1-3-9-24(4-2)18-10-17(20-13-21-18)23-22-12-14-11-19-16-8-6-5-7-15(14)16/h5-8,10-13,19H,3-4,9H2,1-2H3,(H,20,21,23)/b22-12+. The first kappa shape index (κ1) is 16.0. The first-order chi connectivity index (χ1) is 11.8. The Hall–Kier alpha value is -2.89. The van der Waals surface area contributed by atoms with Crippen molar-refractivity contribution in [3.05, 3.63) is 48.4 Å². The molecule has 1 aromatic carbocycles. The fourth-order valence-corrected chi connectivity index (χ4v) is 2.65. The van der Waals surface area contributed by atoms with Crippen LogP contribution in [0.4, 0.5) is 11.6 Å². The Morgan fingerprint density at radius 3 is 2.96 bits per heavy atom. The summed E-state index contributed by atoms with van der Waals surface area (Å²) in [6.45, 7) is 6.18. The van der Waals surface area contributed by atoms with Gasteiger partial charge in [-0.15, -0.1) is 0 Å². The molecule has 0 aliphatic heterocycles. The molecule has 0 bridgehead atoms. The fraction of sp³-hybridized carbons (Fsp3) is 0.278. The molecule has 124 valence electrons. The molecular weight excluding hydrogens is 300 g/mol. The predicted molar refractivity (Wildman–Crippen MR) is 99.7 cm³/mol. The smallest absolute Gasteiger partial charge is 0.151 e. The Bertz CT molecular complexity index is 823. The van der Waals surface area contributed by atoms with E-state index in [0.29, 0.717) is 5.82 Å². The number of nitrogens with one attached hydrogen (secondary N) is 2. The first-order valence-corrected chi connectivity index (χ1v) is 8.24. The summed E-state index contributed by atoms with van der Waals surface area (Å²) in [5.74, 6) is 1.60. The van der Waals surface area contributed by atoms with Gasteiger partial charge in [0, 0.05) is 41.8 Å². The molecule has 0 aliphatic carbocycles. The number of hydrazone groups is 1. The molecule has 3 aromatic rings. The lowest BCUT2D eigenvalue weighted by Crippen LogP contribution is -2.24. The quantitative estimate of drug-likeness (QED) is 0.515. The summed E-state index contributed by atoms with van der Waals surface area (Å²) in [6.07, 6.45) is 6.39. The third-order valence-electron chi connectivity index (χ3n) is 3.86. The minimum atomic E-state index is 0.686. The van der Waals surface area contributed by atoms with Gasteiger partial charge in [0.2, 0.25) is 0 Å². The van der Waals surface area contributed by atoms with Crippen LogP contribution in [0.1, 0.15) is 25.8 Å². The van der Waals surface area contributed by atoms with Crippen LogP contribution in [0.2, 0.25) is 0 Å². The summed E-state index contributed by atoms with van der Waals surface area (Å²) in [5, 5.41) is 5.45. The Morgan fingerprint density at radius 1 is 1.25 bits per heavy atom. The van der Waals surface area contributed by atoms with Gasteiger partial charge in [0.1, 0.15) is 12.1 Å². The number of nitrogens with zero attached hydrogens (tertiary/aromatic N) is 4. The van der Waals surface area contributed by atoms with Gasteiger partial charge >= 0.3 is 0 Å². The third-order valence-corrected chi connectivity index (χ3v) is 3.86. The molecule has 0 saturated heterocycles. The summed E-state index contributed by atoms with van der Waals surface area (Å²) in [4.78, 5) is 14.0. The number of aromatic nitrogens is 3. The average Bonchev–Trinajstić information content (AvgIpc) is 3.03. The lowest BCUT2D eigenvalue weighted by Gasteiger charge is -2.21. The number of anilines is 2. The van der Waals surface area contributed by atoms with E-state index in [1.807, 2.05) is 30.5 Å². The van der Waals surface area contributed by atoms with Crippen molar-refractivity contribution >= 4 is 28.8 Å². The van der Waals surface area contributed by atoms with Crippen LogP contribution >= 0.6 is 0 Å². The number of fused-ring (bicyclic) bond motifs is 1. The predicted octanol–water partition coefficient (Wildman–Crippen LogP) is 3.64. The van der Waals surface area contributed by atoms with Crippen molar-refractivity contribution in [2.75, 3.05) is 23.4 Å². The highest BCUT2D eigenvalue weighted by atomic mass is 15.3. The Balaban J connectivity index is 1.72. The maximum Gasteiger partial charge on any atom is 0.151 e. The molecule has 0 saturated carbocycles. The van der Waals surface area contributed by atoms with Crippen LogP contribution in [0.5, 0.6) is 0 Å². The lowest BCUT2D eigenvalue weighted by molar-refractivity contribution is 0.776. The van der Waals surface area contributed by atoms with Crippen LogP contribution in [-0.2, 0) is 0 Å². The molecule has 0 fully saturated rings. The number of hydrogen-bond acceptors (Lipinski definition) is 5. The zero-order valence-electron chi connectivity index (χ0n) is 14.0. The molecular formula is C18H22N6. The van der Waals surface area contributed by atoms with Gasteiger partial charge in [-0.3, -0.25) is 5.43 Å². The summed E-state index contributed by atoms with van der Waals surface area (Å²) in [6, 6.07) is 10.1. The number of aromatic amines is 1. The second-order valence-corrected chi connectivity index (χ2v) is 5.50. The van der Waals surface area contributed by atoms with Crippen molar-refractivity contribution in [3.8, 4) is 0 Å². The van der Waals surface area contributed by atoms with E-state index in [1.165, 1.54) is 0 Å². The normalized spacial score (nSPS) is 11.2. The van der Waals surface area contributed by atoms with E-state index in [2.05, 4.69) is 50.3 Å². The number of H-pyrrole nitrogens is 1. The summed E-state index contributed by atoms with van der Waals surface area (Å²) < 4.78 is 0. The maximum atomic E-state index is 4.35. The van der Waals surface area contributed by atoms with Gasteiger partial charge in [-0.05, 0) is 19.4 Å². The van der Waals surface area contributed by atoms with Gasteiger partial charge < -0.3 is 9.88 Å². The molecule has 0 amide bonds. The minimum absolute atomic E-state index is 0.686. The number of hydrogen-bond donors (Lipinski definition) is 2. The van der Waals surface area contributed by atoms with Gasteiger partial charge in [0.25, 0.3) is 0 Å². The molecule has 0 radical (unpaired) electrons. The van der Waals surface area contributed by atoms with Crippen molar-refractivity contribution in [1.29, 1.82) is 0 Å². The Kier molecular flexibility index (Phi) is 5.05. The molecule has 2 N–H and O–H groups in total. The van der Waals surface area contributed by atoms with Crippen molar-refractivity contribution < 1.29 is 0 Å². The second-order valence-electron chi connectivity index (χ2n) is 5.50. The maximum absolute atomic E-state index is 4.35. The largest absolute Gasteiger partial charge is 0.361 e. The zero-order chi connectivity index (χ0) is 16.8. The molecule has 6 nitrogen and oxygen atoms in total. The Labute approximate surface area is 141 Å². The van der Waals surface area contributed by atoms with Crippen molar-refractivity contribution in [2.45, 2.75) is 20.3 Å². The first-order valence-electron chi connectivity index (χ1n) is 8.24. The highest BCUT2D eigenvalue weighted by Crippen LogP contribution is 2.16. The molecule has 0 atom stereocenters. The number of benzene rings is 1. The fourth-order valence-electron chi connectivity index (χ4n) is 2.65. The van der Waals surface area contributed by atoms with Crippen molar-refractivity contribution in [2.24, 2.45) is 5.10 Å². The minimum Gasteiger partial charge on any atom is -0.361 e. The van der Waals surface area contributed by atoms with Crippen LogP contribution in [0, 0.1) is 0 Å². The van der Waals surface area contributed by atoms with E-state index in [4.69, 9.17) is 0 Å². The van der Waals surface area contributed by atoms with Gasteiger partial charge in [-0.25, -0.2) is 9.97 Å². The van der Waals surface area contributed by atoms with Gasteiger partial charge in [-0.1, -0.05) is 25.1 Å². The van der Waals surface area contributed by atoms with Gasteiger partial charge in [-0.2, -0.15) is 5.10 Å². The van der Waals surface area contributed by atoms with Crippen LogP contribution in [0.25, 0.3) is 10.9 Å². The molecule has 6 heteroatoms. The molecule has 3 rings (SSSR count). The van der Waals surface area contributed by atoms with Crippen LogP contribution in [0.3, 0.4) is 0 Å². The number of rotatable bonds is 7.